The normalized spacial score (nSPS) is 13.9. The standard InChI is InChI=1S/C24H27N7O3/c1-33-19-5-2-4-18(16-19)29-11-13-30(14-12-29)23-8-7-21-26-27-22(31(21)28-23)9-10-24(32)25-17-20-6-3-15-34-20/h2-8,15-16H,9-14,17H2,1H3,(H,25,32). The molecule has 0 unspecified atom stereocenters. The largest absolute Gasteiger partial charge is 0.497 e. The maximum Gasteiger partial charge on any atom is 0.220 e. The fourth-order valence-electron chi connectivity index (χ4n) is 4.06. The highest BCUT2D eigenvalue weighted by Gasteiger charge is 2.20. The van der Waals surface area contributed by atoms with Gasteiger partial charge in [-0.15, -0.1) is 15.3 Å². The smallest absolute Gasteiger partial charge is 0.220 e. The topological polar surface area (TPSA) is 101 Å². The van der Waals surface area contributed by atoms with Crippen LogP contribution in [-0.2, 0) is 17.8 Å². The molecule has 1 aliphatic rings. The molecule has 10 heteroatoms. The molecule has 0 aliphatic carbocycles. The number of methoxy groups -OCH3 is 1. The van der Waals surface area contributed by atoms with Crippen molar-refractivity contribution in [3.8, 4) is 5.75 Å². The summed E-state index contributed by atoms with van der Waals surface area (Å²) in [6.07, 6.45) is 2.34. The van der Waals surface area contributed by atoms with E-state index >= 15 is 0 Å². The number of piperazine rings is 1. The highest BCUT2D eigenvalue weighted by atomic mass is 16.5. The number of nitrogens with zero attached hydrogens (tertiary/aromatic N) is 6. The summed E-state index contributed by atoms with van der Waals surface area (Å²) >= 11 is 0. The van der Waals surface area contributed by atoms with Gasteiger partial charge in [0.15, 0.2) is 11.5 Å². The summed E-state index contributed by atoms with van der Waals surface area (Å²) in [6.45, 7) is 3.84. The molecule has 0 atom stereocenters. The number of amides is 1. The van der Waals surface area contributed by atoms with E-state index in [2.05, 4.69) is 37.4 Å². The van der Waals surface area contributed by atoms with Crippen LogP contribution in [0.25, 0.3) is 5.65 Å². The van der Waals surface area contributed by atoms with Crippen molar-refractivity contribution in [3.05, 3.63) is 66.4 Å². The zero-order chi connectivity index (χ0) is 23.3. The van der Waals surface area contributed by atoms with Crippen molar-refractivity contribution in [2.45, 2.75) is 19.4 Å². The van der Waals surface area contributed by atoms with Gasteiger partial charge in [-0.3, -0.25) is 4.79 Å². The van der Waals surface area contributed by atoms with Crippen LogP contribution in [-0.4, -0.2) is 59.0 Å². The van der Waals surface area contributed by atoms with Crippen LogP contribution in [0.15, 0.2) is 59.2 Å². The van der Waals surface area contributed by atoms with Crippen LogP contribution in [0.1, 0.15) is 18.0 Å². The van der Waals surface area contributed by atoms with Gasteiger partial charge in [-0.25, -0.2) is 0 Å². The predicted octanol–water partition coefficient (Wildman–Crippen LogP) is 2.30. The number of carbonyl (C=O) groups excluding carboxylic acids is 1. The summed E-state index contributed by atoms with van der Waals surface area (Å²) in [5.74, 6) is 3.06. The van der Waals surface area contributed by atoms with Crippen molar-refractivity contribution < 1.29 is 13.9 Å². The molecule has 4 heterocycles. The van der Waals surface area contributed by atoms with Crippen molar-refractivity contribution in [2.75, 3.05) is 43.1 Å². The molecule has 1 N–H and O–H groups in total. The Bertz CT molecular complexity index is 1250. The lowest BCUT2D eigenvalue weighted by atomic mass is 10.2. The van der Waals surface area contributed by atoms with Gasteiger partial charge < -0.3 is 24.3 Å². The average molecular weight is 462 g/mol. The fraction of sp³-hybridized carbons (Fsp3) is 0.333. The second-order valence-corrected chi connectivity index (χ2v) is 8.11. The maximum atomic E-state index is 12.2. The first-order valence-corrected chi connectivity index (χ1v) is 11.3. The Morgan fingerprint density at radius 2 is 1.91 bits per heavy atom. The Morgan fingerprint density at radius 1 is 1.06 bits per heavy atom. The number of rotatable bonds is 8. The van der Waals surface area contributed by atoms with Crippen LogP contribution in [0.2, 0.25) is 0 Å². The van der Waals surface area contributed by atoms with Crippen LogP contribution in [0.3, 0.4) is 0 Å². The average Bonchev–Trinajstić information content (AvgIpc) is 3.56. The molecular formula is C24H27N7O3. The van der Waals surface area contributed by atoms with Crippen molar-refractivity contribution in [2.24, 2.45) is 0 Å². The molecule has 1 saturated heterocycles. The van der Waals surface area contributed by atoms with Crippen LogP contribution >= 0.6 is 0 Å². The summed E-state index contributed by atoms with van der Waals surface area (Å²) in [4.78, 5) is 16.8. The van der Waals surface area contributed by atoms with Crippen LogP contribution in [0.4, 0.5) is 11.5 Å². The lowest BCUT2D eigenvalue weighted by Crippen LogP contribution is -2.47. The summed E-state index contributed by atoms with van der Waals surface area (Å²) < 4.78 is 12.3. The molecule has 4 aromatic rings. The monoisotopic (exact) mass is 461 g/mol. The van der Waals surface area contributed by atoms with Gasteiger partial charge in [0.2, 0.25) is 5.91 Å². The zero-order valence-electron chi connectivity index (χ0n) is 19.1. The number of furan rings is 1. The molecular weight excluding hydrogens is 434 g/mol. The SMILES string of the molecule is COc1cccc(N2CCN(c3ccc4nnc(CCC(=O)NCc5ccco5)n4n3)CC2)c1. The number of aryl methyl sites for hydroxylation is 1. The number of ether oxygens (including phenoxy) is 1. The van der Waals surface area contributed by atoms with Crippen molar-refractivity contribution >= 4 is 23.1 Å². The minimum Gasteiger partial charge on any atom is -0.497 e. The second kappa shape index (κ2) is 9.82. The van der Waals surface area contributed by atoms with Crippen molar-refractivity contribution in [1.29, 1.82) is 0 Å². The van der Waals surface area contributed by atoms with Gasteiger partial charge in [-0.1, -0.05) is 6.07 Å². The third kappa shape index (κ3) is 4.80. The molecule has 0 bridgehead atoms. The minimum atomic E-state index is -0.0713. The third-order valence-corrected chi connectivity index (χ3v) is 5.95. The van der Waals surface area contributed by atoms with E-state index < -0.39 is 0 Å². The van der Waals surface area contributed by atoms with Gasteiger partial charge in [0.1, 0.15) is 17.3 Å². The summed E-state index contributed by atoms with van der Waals surface area (Å²) in [7, 11) is 1.69. The lowest BCUT2D eigenvalue weighted by Gasteiger charge is -2.36. The Morgan fingerprint density at radius 3 is 2.71 bits per heavy atom. The Balaban J connectivity index is 1.20. The molecule has 1 aliphatic heterocycles. The van der Waals surface area contributed by atoms with Gasteiger partial charge in [-0.2, -0.15) is 4.52 Å². The molecule has 1 fully saturated rings. The van der Waals surface area contributed by atoms with Gasteiger partial charge in [0, 0.05) is 50.8 Å². The van der Waals surface area contributed by atoms with E-state index in [0.717, 1.165) is 49.2 Å². The van der Waals surface area contributed by atoms with E-state index in [1.165, 1.54) is 0 Å². The summed E-state index contributed by atoms with van der Waals surface area (Å²) in [5.41, 5.74) is 1.83. The molecule has 10 nitrogen and oxygen atoms in total. The van der Waals surface area contributed by atoms with Gasteiger partial charge in [-0.05, 0) is 36.4 Å². The van der Waals surface area contributed by atoms with Crippen molar-refractivity contribution in [3.63, 3.8) is 0 Å². The third-order valence-electron chi connectivity index (χ3n) is 5.95. The quantitative estimate of drug-likeness (QED) is 0.427. The first-order valence-electron chi connectivity index (χ1n) is 11.3. The lowest BCUT2D eigenvalue weighted by molar-refractivity contribution is -0.121. The molecule has 1 aromatic carbocycles. The fourth-order valence-corrected chi connectivity index (χ4v) is 4.06. The minimum absolute atomic E-state index is 0.0713. The maximum absolute atomic E-state index is 12.2. The number of fused-ring (bicyclic) bond motifs is 1. The summed E-state index contributed by atoms with van der Waals surface area (Å²) in [6, 6.07) is 15.7. The van der Waals surface area contributed by atoms with E-state index in [1.807, 2.05) is 30.3 Å². The highest BCUT2D eigenvalue weighted by Crippen LogP contribution is 2.23. The van der Waals surface area contributed by atoms with E-state index in [-0.39, 0.29) is 5.91 Å². The molecule has 34 heavy (non-hydrogen) atoms. The molecule has 0 saturated carbocycles. The number of anilines is 2. The molecule has 5 rings (SSSR count). The predicted molar refractivity (Wildman–Crippen MR) is 127 cm³/mol. The summed E-state index contributed by atoms with van der Waals surface area (Å²) in [5, 5.41) is 16.1. The van der Waals surface area contributed by atoms with Crippen LogP contribution < -0.4 is 19.9 Å². The number of carbonyl (C=O) groups is 1. The van der Waals surface area contributed by atoms with Gasteiger partial charge >= 0.3 is 0 Å². The molecule has 0 spiro atoms. The number of benzene rings is 1. The Hall–Kier alpha value is -4.08. The molecule has 0 radical (unpaired) electrons. The molecule has 3 aromatic heterocycles. The van der Waals surface area contributed by atoms with E-state index in [0.29, 0.717) is 30.9 Å². The van der Waals surface area contributed by atoms with Crippen LogP contribution in [0.5, 0.6) is 5.75 Å². The van der Waals surface area contributed by atoms with Crippen molar-refractivity contribution in [1.82, 2.24) is 25.1 Å². The number of nitrogens with one attached hydrogen (secondary N) is 1. The Kier molecular flexibility index (Phi) is 6.28. The first kappa shape index (κ1) is 21.7. The number of aromatic nitrogens is 4. The van der Waals surface area contributed by atoms with E-state index in [9.17, 15) is 4.79 Å². The van der Waals surface area contributed by atoms with Gasteiger partial charge in [0.05, 0.1) is 19.9 Å². The molecule has 176 valence electrons. The zero-order valence-corrected chi connectivity index (χ0v) is 19.1. The van der Waals surface area contributed by atoms with Gasteiger partial charge in [0.25, 0.3) is 0 Å². The highest BCUT2D eigenvalue weighted by molar-refractivity contribution is 5.76. The number of hydrogen-bond donors (Lipinski definition) is 1. The Labute approximate surface area is 197 Å². The van der Waals surface area contributed by atoms with E-state index in [4.69, 9.17) is 14.3 Å². The molecule has 1 amide bonds. The van der Waals surface area contributed by atoms with Crippen LogP contribution in [0, 0.1) is 0 Å². The number of hydrogen-bond acceptors (Lipinski definition) is 8. The second-order valence-electron chi connectivity index (χ2n) is 8.11. The van der Waals surface area contributed by atoms with E-state index in [1.54, 1.807) is 24.0 Å². The first-order chi connectivity index (χ1) is 16.7.